The summed E-state index contributed by atoms with van der Waals surface area (Å²) in [5.41, 5.74) is 5.61. The predicted molar refractivity (Wildman–Crippen MR) is 113 cm³/mol. The van der Waals surface area contributed by atoms with Gasteiger partial charge in [0.05, 0.1) is 14.2 Å². The number of amides is 3. The van der Waals surface area contributed by atoms with Crippen LogP contribution in [0.1, 0.15) is 33.6 Å². The molecule has 1 saturated heterocycles. The van der Waals surface area contributed by atoms with Gasteiger partial charge >= 0.3 is 0 Å². The average Bonchev–Trinajstić information content (AvgIpc) is 3.26. The Bertz CT molecular complexity index is 948. The summed E-state index contributed by atoms with van der Waals surface area (Å²) in [5, 5.41) is 0. The summed E-state index contributed by atoms with van der Waals surface area (Å²) in [7, 11) is 2.97. The molecule has 0 saturated carbocycles. The second kappa shape index (κ2) is 9.62. The fourth-order valence-electron chi connectivity index (χ4n) is 3.29. The minimum atomic E-state index is -0.646. The van der Waals surface area contributed by atoms with Gasteiger partial charge in [0.25, 0.3) is 17.7 Å². The van der Waals surface area contributed by atoms with E-state index in [0.29, 0.717) is 42.0 Å². The van der Waals surface area contributed by atoms with Crippen molar-refractivity contribution in [2.75, 3.05) is 20.8 Å². The van der Waals surface area contributed by atoms with Crippen LogP contribution in [0.5, 0.6) is 11.5 Å². The van der Waals surface area contributed by atoms with Gasteiger partial charge in [0, 0.05) is 22.1 Å². The average molecular weight is 476 g/mol. The SMILES string of the molecule is COc1ccc(C(=O)NNC(=O)C2CCCN2C(=O)c2ccc(Br)cc2)cc1OC. The van der Waals surface area contributed by atoms with E-state index >= 15 is 0 Å². The first-order valence-electron chi connectivity index (χ1n) is 9.33. The maximum absolute atomic E-state index is 12.8. The molecule has 0 spiro atoms. The molecular weight excluding hydrogens is 454 g/mol. The Morgan fingerprint density at radius 3 is 2.30 bits per heavy atom. The zero-order chi connectivity index (χ0) is 21.7. The number of ether oxygens (including phenoxy) is 2. The number of nitrogens with zero attached hydrogens (tertiary/aromatic N) is 1. The van der Waals surface area contributed by atoms with Gasteiger partial charge in [0.1, 0.15) is 6.04 Å². The molecule has 0 aliphatic carbocycles. The van der Waals surface area contributed by atoms with E-state index in [1.54, 1.807) is 36.4 Å². The molecule has 158 valence electrons. The lowest BCUT2D eigenvalue weighted by molar-refractivity contribution is -0.125. The van der Waals surface area contributed by atoms with Crippen LogP contribution in [0.3, 0.4) is 0 Å². The van der Waals surface area contributed by atoms with E-state index in [-0.39, 0.29) is 5.91 Å². The topological polar surface area (TPSA) is 97.0 Å². The van der Waals surface area contributed by atoms with Gasteiger partial charge in [-0.25, -0.2) is 0 Å². The highest BCUT2D eigenvalue weighted by Crippen LogP contribution is 2.27. The lowest BCUT2D eigenvalue weighted by Crippen LogP contribution is -2.51. The number of likely N-dealkylation sites (tertiary alicyclic amines) is 1. The molecule has 1 fully saturated rings. The summed E-state index contributed by atoms with van der Waals surface area (Å²) in [5.74, 6) is -0.268. The fraction of sp³-hybridized carbons (Fsp3) is 0.286. The molecule has 0 radical (unpaired) electrons. The summed E-state index contributed by atoms with van der Waals surface area (Å²) < 4.78 is 11.2. The molecule has 3 rings (SSSR count). The van der Waals surface area contributed by atoms with Crippen molar-refractivity contribution in [2.45, 2.75) is 18.9 Å². The molecule has 3 amide bonds. The monoisotopic (exact) mass is 475 g/mol. The van der Waals surface area contributed by atoms with Crippen LogP contribution in [0.2, 0.25) is 0 Å². The van der Waals surface area contributed by atoms with E-state index in [1.165, 1.54) is 25.2 Å². The Kier molecular flexibility index (Phi) is 6.94. The number of halogens is 1. The van der Waals surface area contributed by atoms with Gasteiger partial charge in [-0.05, 0) is 55.3 Å². The van der Waals surface area contributed by atoms with E-state index in [4.69, 9.17) is 9.47 Å². The highest BCUT2D eigenvalue weighted by atomic mass is 79.9. The van der Waals surface area contributed by atoms with E-state index < -0.39 is 17.9 Å². The molecule has 30 heavy (non-hydrogen) atoms. The normalized spacial score (nSPS) is 15.4. The highest BCUT2D eigenvalue weighted by molar-refractivity contribution is 9.10. The molecule has 0 aromatic heterocycles. The summed E-state index contributed by atoms with van der Waals surface area (Å²) >= 11 is 3.34. The van der Waals surface area contributed by atoms with Crippen LogP contribution in [0.15, 0.2) is 46.9 Å². The first-order chi connectivity index (χ1) is 14.4. The Labute approximate surface area is 182 Å². The number of methoxy groups -OCH3 is 2. The quantitative estimate of drug-likeness (QED) is 0.647. The number of carbonyl (C=O) groups is 3. The minimum absolute atomic E-state index is 0.216. The number of hydrogen-bond acceptors (Lipinski definition) is 5. The van der Waals surface area contributed by atoms with Crippen molar-refractivity contribution < 1.29 is 23.9 Å². The summed E-state index contributed by atoms with van der Waals surface area (Å²) in [4.78, 5) is 39.3. The van der Waals surface area contributed by atoms with Crippen LogP contribution < -0.4 is 20.3 Å². The van der Waals surface area contributed by atoms with Crippen LogP contribution in [0, 0.1) is 0 Å². The summed E-state index contributed by atoms with van der Waals surface area (Å²) in [6.45, 7) is 0.483. The Morgan fingerprint density at radius 2 is 1.63 bits per heavy atom. The van der Waals surface area contributed by atoms with Gasteiger partial charge in [-0.15, -0.1) is 0 Å². The molecule has 1 aliphatic heterocycles. The number of carbonyl (C=O) groups excluding carboxylic acids is 3. The van der Waals surface area contributed by atoms with Crippen LogP contribution in [-0.4, -0.2) is 49.4 Å². The van der Waals surface area contributed by atoms with Crippen LogP contribution >= 0.6 is 15.9 Å². The Hall–Kier alpha value is -3.07. The largest absolute Gasteiger partial charge is 0.493 e. The van der Waals surface area contributed by atoms with Crippen molar-refractivity contribution in [3.8, 4) is 11.5 Å². The van der Waals surface area contributed by atoms with E-state index in [0.717, 1.165) is 4.47 Å². The third-order valence-corrected chi connectivity index (χ3v) is 5.38. The maximum atomic E-state index is 12.8. The standard InChI is InChI=1S/C21H22BrN3O5/c1-29-17-10-7-14(12-18(17)30-2)19(26)23-24-20(27)16-4-3-11-25(16)21(28)13-5-8-15(22)9-6-13/h5-10,12,16H,3-4,11H2,1-2H3,(H,23,26)(H,24,27). The molecule has 0 bridgehead atoms. The van der Waals surface area contributed by atoms with Gasteiger partial charge in [-0.3, -0.25) is 25.2 Å². The van der Waals surface area contributed by atoms with E-state index in [1.807, 2.05) is 0 Å². The number of hydrazine groups is 1. The van der Waals surface area contributed by atoms with Gasteiger partial charge in [-0.1, -0.05) is 15.9 Å². The van der Waals surface area contributed by atoms with Gasteiger partial charge in [-0.2, -0.15) is 0 Å². The van der Waals surface area contributed by atoms with Crippen LogP contribution in [0.4, 0.5) is 0 Å². The molecule has 8 nitrogen and oxygen atoms in total. The van der Waals surface area contributed by atoms with Gasteiger partial charge in [0.2, 0.25) is 0 Å². The first-order valence-corrected chi connectivity index (χ1v) is 10.1. The molecule has 2 aromatic carbocycles. The fourth-order valence-corrected chi connectivity index (χ4v) is 3.56. The highest BCUT2D eigenvalue weighted by Gasteiger charge is 2.34. The van der Waals surface area contributed by atoms with Gasteiger partial charge < -0.3 is 14.4 Å². The van der Waals surface area contributed by atoms with Gasteiger partial charge in [0.15, 0.2) is 11.5 Å². The zero-order valence-corrected chi connectivity index (χ0v) is 18.2. The van der Waals surface area contributed by atoms with Crippen molar-refractivity contribution in [1.29, 1.82) is 0 Å². The zero-order valence-electron chi connectivity index (χ0n) is 16.6. The maximum Gasteiger partial charge on any atom is 0.269 e. The lowest BCUT2D eigenvalue weighted by Gasteiger charge is -2.24. The van der Waals surface area contributed by atoms with E-state index in [9.17, 15) is 14.4 Å². The van der Waals surface area contributed by atoms with E-state index in [2.05, 4.69) is 26.8 Å². The Morgan fingerprint density at radius 1 is 0.967 bits per heavy atom. The third kappa shape index (κ3) is 4.73. The first kappa shape index (κ1) is 21.6. The van der Waals surface area contributed by atoms with Crippen LogP contribution in [0.25, 0.3) is 0 Å². The molecule has 2 aromatic rings. The minimum Gasteiger partial charge on any atom is -0.493 e. The smallest absolute Gasteiger partial charge is 0.269 e. The van der Waals surface area contributed by atoms with Crippen molar-refractivity contribution in [2.24, 2.45) is 0 Å². The second-order valence-corrected chi connectivity index (χ2v) is 7.59. The molecule has 1 atom stereocenters. The Balaban J connectivity index is 1.63. The second-order valence-electron chi connectivity index (χ2n) is 6.68. The molecule has 9 heteroatoms. The molecular formula is C21H22BrN3O5. The molecule has 2 N–H and O–H groups in total. The number of nitrogens with one attached hydrogen (secondary N) is 2. The number of benzene rings is 2. The number of rotatable bonds is 5. The molecule has 1 heterocycles. The van der Waals surface area contributed by atoms with Crippen molar-refractivity contribution in [1.82, 2.24) is 15.8 Å². The lowest BCUT2D eigenvalue weighted by atomic mass is 10.1. The summed E-state index contributed by atoms with van der Waals surface area (Å²) in [6.07, 6.45) is 1.24. The van der Waals surface area contributed by atoms with Crippen LogP contribution in [-0.2, 0) is 4.79 Å². The molecule has 1 unspecified atom stereocenters. The third-order valence-electron chi connectivity index (χ3n) is 4.85. The molecule has 1 aliphatic rings. The number of hydrogen-bond donors (Lipinski definition) is 2. The van der Waals surface area contributed by atoms with Crippen molar-refractivity contribution >= 4 is 33.7 Å². The predicted octanol–water partition coefficient (Wildman–Crippen LogP) is 2.53. The van der Waals surface area contributed by atoms with Crippen molar-refractivity contribution in [3.63, 3.8) is 0 Å². The van der Waals surface area contributed by atoms with Crippen molar-refractivity contribution in [3.05, 3.63) is 58.1 Å². The summed E-state index contributed by atoms with van der Waals surface area (Å²) in [6, 6.07) is 11.0.